The van der Waals surface area contributed by atoms with Crippen molar-refractivity contribution >= 4 is 0 Å². The number of aliphatic hydroxyl groups is 1. The van der Waals surface area contributed by atoms with Crippen molar-refractivity contribution in [3.8, 4) is 5.88 Å². The first-order valence-electron chi connectivity index (χ1n) is 6.57. The fourth-order valence-corrected chi connectivity index (χ4v) is 3.33. The summed E-state index contributed by atoms with van der Waals surface area (Å²) in [6.45, 7) is 2.01. The fourth-order valence-electron chi connectivity index (χ4n) is 3.33. The van der Waals surface area contributed by atoms with E-state index in [1.165, 1.54) is 12.8 Å². The van der Waals surface area contributed by atoms with Gasteiger partial charge in [-0.3, -0.25) is 9.88 Å². The highest BCUT2D eigenvalue weighted by Gasteiger charge is 2.50. The van der Waals surface area contributed by atoms with Crippen LogP contribution in [0.2, 0.25) is 0 Å². The predicted molar refractivity (Wildman–Crippen MR) is 66.3 cm³/mol. The van der Waals surface area contributed by atoms with Crippen LogP contribution in [0.3, 0.4) is 0 Å². The molecule has 98 valence electrons. The maximum absolute atomic E-state index is 11.0. The number of methoxy groups -OCH3 is 1. The molecule has 5 heteroatoms. The SMILES string of the molecule is COc1nccnc1C1(O)CCN2CCCCC21. The molecule has 2 fully saturated rings. The number of piperidine rings is 1. The molecule has 1 aromatic heterocycles. The Morgan fingerprint density at radius 2 is 2.17 bits per heavy atom. The Labute approximate surface area is 107 Å². The molecule has 18 heavy (non-hydrogen) atoms. The Bertz CT molecular complexity index is 440. The predicted octanol–water partition coefficient (Wildman–Crippen LogP) is 0.931. The highest BCUT2D eigenvalue weighted by molar-refractivity contribution is 5.28. The van der Waals surface area contributed by atoms with E-state index in [4.69, 9.17) is 4.74 Å². The smallest absolute Gasteiger partial charge is 0.238 e. The first-order valence-corrected chi connectivity index (χ1v) is 6.57. The third-order valence-corrected chi connectivity index (χ3v) is 4.21. The average Bonchev–Trinajstić information content (AvgIpc) is 2.78. The quantitative estimate of drug-likeness (QED) is 0.845. The summed E-state index contributed by atoms with van der Waals surface area (Å²) in [6.07, 6.45) is 7.36. The summed E-state index contributed by atoms with van der Waals surface area (Å²) < 4.78 is 5.25. The molecule has 0 radical (unpaired) electrons. The van der Waals surface area contributed by atoms with Gasteiger partial charge in [0.05, 0.1) is 7.11 Å². The zero-order chi connectivity index (χ0) is 12.6. The van der Waals surface area contributed by atoms with Gasteiger partial charge in [-0.05, 0) is 25.8 Å². The van der Waals surface area contributed by atoms with Gasteiger partial charge in [0.25, 0.3) is 0 Å². The van der Waals surface area contributed by atoms with Crippen LogP contribution >= 0.6 is 0 Å². The molecule has 2 aliphatic rings. The highest BCUT2D eigenvalue weighted by atomic mass is 16.5. The zero-order valence-electron chi connectivity index (χ0n) is 10.7. The van der Waals surface area contributed by atoms with Crippen molar-refractivity contribution in [1.82, 2.24) is 14.9 Å². The van der Waals surface area contributed by atoms with Gasteiger partial charge < -0.3 is 9.84 Å². The van der Waals surface area contributed by atoms with Crippen molar-refractivity contribution in [2.24, 2.45) is 0 Å². The number of nitrogens with zero attached hydrogens (tertiary/aromatic N) is 3. The van der Waals surface area contributed by atoms with Crippen LogP contribution < -0.4 is 4.74 Å². The molecule has 0 aromatic carbocycles. The lowest BCUT2D eigenvalue weighted by molar-refractivity contribution is -0.0195. The Morgan fingerprint density at radius 3 is 3.00 bits per heavy atom. The van der Waals surface area contributed by atoms with Crippen LogP contribution in [0.5, 0.6) is 5.88 Å². The van der Waals surface area contributed by atoms with Gasteiger partial charge in [0.15, 0.2) is 0 Å². The van der Waals surface area contributed by atoms with Gasteiger partial charge in [0.2, 0.25) is 5.88 Å². The van der Waals surface area contributed by atoms with Crippen LogP contribution in [-0.4, -0.2) is 46.2 Å². The zero-order valence-corrected chi connectivity index (χ0v) is 10.7. The summed E-state index contributed by atoms with van der Waals surface area (Å²) in [4.78, 5) is 10.9. The molecule has 2 aliphatic heterocycles. The minimum absolute atomic E-state index is 0.164. The number of ether oxygens (including phenoxy) is 1. The van der Waals surface area contributed by atoms with Gasteiger partial charge in [0.1, 0.15) is 11.3 Å². The van der Waals surface area contributed by atoms with E-state index in [9.17, 15) is 5.11 Å². The second kappa shape index (κ2) is 4.48. The number of hydrogen-bond donors (Lipinski definition) is 1. The molecule has 3 rings (SSSR count). The first kappa shape index (κ1) is 11.9. The lowest BCUT2D eigenvalue weighted by Crippen LogP contribution is -2.45. The standard InChI is InChI=1S/C13H19N3O2/c1-18-12-11(14-6-7-15-12)13(17)5-9-16-8-3-2-4-10(13)16/h6-7,10,17H,2-5,8-9H2,1H3. The maximum Gasteiger partial charge on any atom is 0.238 e. The van der Waals surface area contributed by atoms with Crippen molar-refractivity contribution in [3.05, 3.63) is 18.1 Å². The lowest BCUT2D eigenvalue weighted by atomic mass is 9.86. The van der Waals surface area contributed by atoms with Gasteiger partial charge >= 0.3 is 0 Å². The Morgan fingerprint density at radius 1 is 1.33 bits per heavy atom. The minimum atomic E-state index is -0.903. The van der Waals surface area contributed by atoms with Crippen LogP contribution in [0.15, 0.2) is 12.4 Å². The van der Waals surface area contributed by atoms with Gasteiger partial charge in [0, 0.05) is 25.0 Å². The normalized spacial score (nSPS) is 32.2. The minimum Gasteiger partial charge on any atom is -0.480 e. The van der Waals surface area contributed by atoms with E-state index in [0.29, 0.717) is 18.0 Å². The van der Waals surface area contributed by atoms with Crippen molar-refractivity contribution in [2.45, 2.75) is 37.3 Å². The summed E-state index contributed by atoms with van der Waals surface area (Å²) in [7, 11) is 1.57. The molecule has 5 nitrogen and oxygen atoms in total. The van der Waals surface area contributed by atoms with E-state index in [1.54, 1.807) is 19.5 Å². The second-order valence-corrected chi connectivity index (χ2v) is 5.14. The summed E-state index contributed by atoms with van der Waals surface area (Å²) in [5.41, 5.74) is -0.304. The van der Waals surface area contributed by atoms with Crippen LogP contribution in [0, 0.1) is 0 Å². The third kappa shape index (κ3) is 1.69. The molecule has 0 bridgehead atoms. The lowest BCUT2D eigenvalue weighted by Gasteiger charge is -2.37. The van der Waals surface area contributed by atoms with Crippen molar-refractivity contribution in [1.29, 1.82) is 0 Å². The molecule has 3 heterocycles. The van der Waals surface area contributed by atoms with Crippen LogP contribution in [0.25, 0.3) is 0 Å². The molecule has 0 saturated carbocycles. The third-order valence-electron chi connectivity index (χ3n) is 4.21. The number of hydrogen-bond acceptors (Lipinski definition) is 5. The van der Waals surface area contributed by atoms with E-state index in [2.05, 4.69) is 14.9 Å². The van der Waals surface area contributed by atoms with Gasteiger partial charge in [-0.25, -0.2) is 4.98 Å². The Balaban J connectivity index is 1.99. The molecular formula is C13H19N3O2. The van der Waals surface area contributed by atoms with Gasteiger partial charge in [-0.2, -0.15) is 0 Å². The second-order valence-electron chi connectivity index (χ2n) is 5.14. The van der Waals surface area contributed by atoms with Crippen LogP contribution in [-0.2, 0) is 5.60 Å². The van der Waals surface area contributed by atoms with Crippen molar-refractivity contribution in [3.63, 3.8) is 0 Å². The topological polar surface area (TPSA) is 58.5 Å². The van der Waals surface area contributed by atoms with E-state index in [0.717, 1.165) is 19.5 Å². The molecule has 1 N–H and O–H groups in total. The van der Waals surface area contributed by atoms with Crippen molar-refractivity contribution in [2.75, 3.05) is 20.2 Å². The number of rotatable bonds is 2. The first-order chi connectivity index (χ1) is 8.75. The molecule has 2 saturated heterocycles. The summed E-state index contributed by atoms with van der Waals surface area (Å²) in [5.74, 6) is 0.451. The maximum atomic E-state index is 11.0. The number of aromatic nitrogens is 2. The van der Waals surface area contributed by atoms with Crippen molar-refractivity contribution < 1.29 is 9.84 Å². The molecule has 0 amide bonds. The molecule has 1 aromatic rings. The molecule has 2 unspecified atom stereocenters. The Hall–Kier alpha value is -1.20. The summed E-state index contributed by atoms with van der Waals surface area (Å²) >= 11 is 0. The Kier molecular flexibility index (Phi) is 2.95. The monoisotopic (exact) mass is 249 g/mol. The highest BCUT2D eigenvalue weighted by Crippen LogP contribution is 2.43. The molecule has 2 atom stereocenters. The van der Waals surface area contributed by atoms with E-state index >= 15 is 0 Å². The van der Waals surface area contributed by atoms with Crippen LogP contribution in [0.1, 0.15) is 31.4 Å². The molecule has 0 spiro atoms. The van der Waals surface area contributed by atoms with E-state index < -0.39 is 5.60 Å². The van der Waals surface area contributed by atoms with Crippen LogP contribution in [0.4, 0.5) is 0 Å². The average molecular weight is 249 g/mol. The van der Waals surface area contributed by atoms with Gasteiger partial charge in [-0.15, -0.1) is 0 Å². The number of fused-ring (bicyclic) bond motifs is 1. The fraction of sp³-hybridized carbons (Fsp3) is 0.692. The molecule has 0 aliphatic carbocycles. The summed E-state index contributed by atoms with van der Waals surface area (Å²) in [6, 6.07) is 0.164. The van der Waals surface area contributed by atoms with E-state index in [1.807, 2.05) is 0 Å². The molecular weight excluding hydrogens is 230 g/mol. The largest absolute Gasteiger partial charge is 0.480 e. The van der Waals surface area contributed by atoms with Gasteiger partial charge in [-0.1, -0.05) is 6.42 Å². The summed E-state index contributed by atoms with van der Waals surface area (Å²) in [5, 5.41) is 11.0. The van der Waals surface area contributed by atoms with E-state index in [-0.39, 0.29) is 6.04 Å².